The fraction of sp³-hybridized carbons (Fsp3) is 0.571. The molecular formula is C14H24N2O2S. The lowest BCUT2D eigenvalue weighted by molar-refractivity contribution is 0.584. The molecule has 0 saturated carbocycles. The van der Waals surface area contributed by atoms with E-state index < -0.39 is 10.0 Å². The molecule has 0 aliphatic carbocycles. The van der Waals surface area contributed by atoms with Crippen molar-refractivity contribution >= 4 is 15.7 Å². The Kier molecular flexibility index (Phi) is 6.87. The molecule has 108 valence electrons. The molecule has 0 amide bonds. The van der Waals surface area contributed by atoms with E-state index in [4.69, 9.17) is 5.73 Å². The smallest absolute Gasteiger partial charge is 0.235 e. The molecule has 1 rings (SSSR count). The highest BCUT2D eigenvalue weighted by molar-refractivity contribution is 7.92. The molecule has 0 radical (unpaired) electrons. The van der Waals surface area contributed by atoms with Crippen LogP contribution in [0, 0.1) is 0 Å². The Balaban J connectivity index is 2.84. The van der Waals surface area contributed by atoms with E-state index in [1.165, 1.54) is 4.31 Å². The third-order valence-electron chi connectivity index (χ3n) is 2.95. The lowest BCUT2D eigenvalue weighted by Crippen LogP contribution is -2.34. The van der Waals surface area contributed by atoms with Crippen molar-refractivity contribution in [2.24, 2.45) is 5.73 Å². The van der Waals surface area contributed by atoms with Crippen LogP contribution in [0.15, 0.2) is 30.3 Å². The first-order valence-corrected chi connectivity index (χ1v) is 8.48. The second-order valence-electron chi connectivity index (χ2n) is 4.57. The molecule has 5 heteroatoms. The first-order valence-electron chi connectivity index (χ1n) is 6.87. The highest BCUT2D eigenvalue weighted by atomic mass is 32.2. The number of benzene rings is 1. The zero-order chi connectivity index (χ0) is 14.1. The zero-order valence-corrected chi connectivity index (χ0v) is 12.4. The maximum absolute atomic E-state index is 12.4. The van der Waals surface area contributed by atoms with Crippen LogP contribution in [0.4, 0.5) is 5.69 Å². The first-order chi connectivity index (χ1) is 9.11. The summed E-state index contributed by atoms with van der Waals surface area (Å²) in [5, 5.41) is 0. The van der Waals surface area contributed by atoms with Crippen LogP contribution < -0.4 is 10.0 Å². The van der Waals surface area contributed by atoms with Gasteiger partial charge in [-0.05, 0) is 37.9 Å². The third kappa shape index (κ3) is 5.20. The average molecular weight is 284 g/mol. The zero-order valence-electron chi connectivity index (χ0n) is 11.6. The average Bonchev–Trinajstić information content (AvgIpc) is 2.40. The molecule has 0 unspecified atom stereocenters. The van der Waals surface area contributed by atoms with Crippen molar-refractivity contribution in [3.05, 3.63) is 30.3 Å². The highest BCUT2D eigenvalue weighted by Gasteiger charge is 2.21. The fourth-order valence-corrected chi connectivity index (χ4v) is 3.50. The van der Waals surface area contributed by atoms with Crippen LogP contribution in [0.3, 0.4) is 0 Å². The summed E-state index contributed by atoms with van der Waals surface area (Å²) in [4.78, 5) is 0. The first kappa shape index (κ1) is 16.0. The van der Waals surface area contributed by atoms with Crippen molar-refractivity contribution in [3.8, 4) is 0 Å². The molecule has 0 bridgehead atoms. The number of para-hydroxylation sites is 1. The lowest BCUT2D eigenvalue weighted by Gasteiger charge is -2.24. The van der Waals surface area contributed by atoms with E-state index in [0.29, 0.717) is 19.5 Å². The second kappa shape index (κ2) is 8.17. The van der Waals surface area contributed by atoms with Gasteiger partial charge in [0, 0.05) is 6.54 Å². The van der Waals surface area contributed by atoms with Crippen LogP contribution in [-0.4, -0.2) is 27.3 Å². The molecule has 4 nitrogen and oxygen atoms in total. The topological polar surface area (TPSA) is 63.4 Å². The normalized spacial score (nSPS) is 11.5. The summed E-state index contributed by atoms with van der Waals surface area (Å²) >= 11 is 0. The summed E-state index contributed by atoms with van der Waals surface area (Å²) in [7, 11) is -3.24. The highest BCUT2D eigenvalue weighted by Crippen LogP contribution is 2.19. The molecule has 1 aromatic carbocycles. The van der Waals surface area contributed by atoms with Gasteiger partial charge in [-0.1, -0.05) is 31.5 Å². The number of hydrogen-bond acceptors (Lipinski definition) is 3. The summed E-state index contributed by atoms with van der Waals surface area (Å²) in [6.45, 7) is 3.14. The largest absolute Gasteiger partial charge is 0.330 e. The summed E-state index contributed by atoms with van der Waals surface area (Å²) in [5.74, 6) is 0.169. The van der Waals surface area contributed by atoms with E-state index in [-0.39, 0.29) is 5.75 Å². The van der Waals surface area contributed by atoms with Crippen molar-refractivity contribution in [2.45, 2.75) is 32.6 Å². The van der Waals surface area contributed by atoms with Gasteiger partial charge in [-0.25, -0.2) is 8.42 Å². The molecular weight excluding hydrogens is 260 g/mol. The van der Waals surface area contributed by atoms with Crippen LogP contribution in [0.2, 0.25) is 0 Å². The monoisotopic (exact) mass is 284 g/mol. The van der Waals surface area contributed by atoms with Crippen molar-refractivity contribution in [3.63, 3.8) is 0 Å². The van der Waals surface area contributed by atoms with Gasteiger partial charge >= 0.3 is 0 Å². The van der Waals surface area contributed by atoms with Gasteiger partial charge in [0.2, 0.25) is 10.0 Å². The van der Waals surface area contributed by atoms with E-state index in [2.05, 4.69) is 6.92 Å². The number of sulfonamides is 1. The van der Waals surface area contributed by atoms with Crippen LogP contribution >= 0.6 is 0 Å². The lowest BCUT2D eigenvalue weighted by atomic mass is 10.3. The van der Waals surface area contributed by atoms with Crippen LogP contribution in [0.25, 0.3) is 0 Å². The van der Waals surface area contributed by atoms with Gasteiger partial charge in [-0.15, -0.1) is 0 Å². The predicted molar refractivity (Wildman–Crippen MR) is 80.8 cm³/mol. The van der Waals surface area contributed by atoms with E-state index in [1.54, 1.807) is 0 Å². The predicted octanol–water partition coefficient (Wildman–Crippen LogP) is 2.36. The summed E-state index contributed by atoms with van der Waals surface area (Å²) in [6.07, 6.45) is 3.20. The van der Waals surface area contributed by atoms with E-state index >= 15 is 0 Å². The van der Waals surface area contributed by atoms with Gasteiger partial charge in [-0.3, -0.25) is 4.31 Å². The molecule has 0 aromatic heterocycles. The molecule has 2 N–H and O–H groups in total. The molecule has 0 atom stereocenters. The summed E-state index contributed by atoms with van der Waals surface area (Å²) < 4.78 is 26.3. The Morgan fingerprint density at radius 2 is 1.79 bits per heavy atom. The van der Waals surface area contributed by atoms with E-state index in [9.17, 15) is 8.42 Å². The Labute approximate surface area is 116 Å². The Bertz CT molecular complexity index is 446. The molecule has 1 aromatic rings. The summed E-state index contributed by atoms with van der Waals surface area (Å²) in [6, 6.07) is 9.31. The second-order valence-corrected chi connectivity index (χ2v) is 6.59. The number of unbranched alkanes of at least 4 members (excludes halogenated alkanes) is 2. The van der Waals surface area contributed by atoms with Crippen LogP contribution in [-0.2, 0) is 10.0 Å². The van der Waals surface area contributed by atoms with Crippen molar-refractivity contribution in [1.82, 2.24) is 0 Å². The van der Waals surface area contributed by atoms with Crippen LogP contribution in [0.1, 0.15) is 32.6 Å². The van der Waals surface area contributed by atoms with Gasteiger partial charge < -0.3 is 5.73 Å². The molecule has 0 heterocycles. The van der Waals surface area contributed by atoms with Crippen LogP contribution in [0.5, 0.6) is 0 Å². The minimum absolute atomic E-state index is 0.169. The molecule has 0 aliphatic rings. The Morgan fingerprint density at radius 1 is 1.11 bits per heavy atom. The third-order valence-corrected chi connectivity index (χ3v) is 4.82. The van der Waals surface area contributed by atoms with Crippen molar-refractivity contribution in [2.75, 3.05) is 23.1 Å². The molecule has 0 aliphatic heterocycles. The van der Waals surface area contributed by atoms with Crippen molar-refractivity contribution in [1.29, 1.82) is 0 Å². The van der Waals surface area contributed by atoms with Crippen molar-refractivity contribution < 1.29 is 8.42 Å². The Morgan fingerprint density at radius 3 is 2.37 bits per heavy atom. The fourth-order valence-electron chi connectivity index (χ4n) is 1.86. The maximum Gasteiger partial charge on any atom is 0.235 e. The number of nitrogens with two attached hydrogens (primary N) is 1. The quantitative estimate of drug-likeness (QED) is 0.708. The molecule has 0 fully saturated rings. The van der Waals surface area contributed by atoms with Gasteiger partial charge in [-0.2, -0.15) is 0 Å². The number of hydrogen-bond donors (Lipinski definition) is 1. The van der Waals surface area contributed by atoms with E-state index in [0.717, 1.165) is 24.9 Å². The number of nitrogens with zero attached hydrogens (tertiary/aromatic N) is 1. The van der Waals surface area contributed by atoms with Gasteiger partial charge in [0.25, 0.3) is 0 Å². The number of anilines is 1. The van der Waals surface area contributed by atoms with E-state index in [1.807, 2.05) is 30.3 Å². The molecule has 0 saturated heterocycles. The van der Waals surface area contributed by atoms with Gasteiger partial charge in [0.15, 0.2) is 0 Å². The maximum atomic E-state index is 12.4. The van der Waals surface area contributed by atoms with Gasteiger partial charge in [0.1, 0.15) is 0 Å². The number of rotatable bonds is 9. The SMILES string of the molecule is CCCCN(c1ccccc1)S(=O)(=O)CCCCN. The molecule has 0 spiro atoms. The summed E-state index contributed by atoms with van der Waals surface area (Å²) in [5.41, 5.74) is 6.17. The minimum atomic E-state index is -3.24. The minimum Gasteiger partial charge on any atom is -0.330 e. The van der Waals surface area contributed by atoms with Gasteiger partial charge in [0.05, 0.1) is 11.4 Å². The molecule has 19 heavy (non-hydrogen) atoms. The Hall–Kier alpha value is -1.07. The standard InChI is InChI=1S/C14H24N2O2S/c1-2-3-12-16(14-9-5-4-6-10-14)19(17,18)13-8-7-11-15/h4-6,9-10H,2-3,7-8,11-13,15H2,1H3.